The number of piperidine rings is 1. The molecule has 2 aromatic rings. The highest BCUT2D eigenvalue weighted by Crippen LogP contribution is 2.36. The van der Waals surface area contributed by atoms with Gasteiger partial charge in [0.05, 0.1) is 18.2 Å². The lowest BCUT2D eigenvalue weighted by atomic mass is 9.84. The number of anilines is 1. The van der Waals surface area contributed by atoms with Crippen molar-refractivity contribution in [3.8, 4) is 0 Å². The monoisotopic (exact) mass is 394 g/mol. The van der Waals surface area contributed by atoms with Gasteiger partial charge in [0.1, 0.15) is 6.61 Å². The Labute approximate surface area is 171 Å². The molecule has 4 rings (SSSR count). The summed E-state index contributed by atoms with van der Waals surface area (Å²) >= 11 is 0. The van der Waals surface area contributed by atoms with Crippen LogP contribution in [0.15, 0.2) is 54.6 Å². The van der Waals surface area contributed by atoms with Crippen LogP contribution in [0.3, 0.4) is 0 Å². The van der Waals surface area contributed by atoms with E-state index in [-0.39, 0.29) is 24.5 Å². The first kappa shape index (κ1) is 19.6. The average molecular weight is 394 g/mol. The highest BCUT2D eigenvalue weighted by Gasteiger charge is 2.50. The van der Waals surface area contributed by atoms with Gasteiger partial charge in [0.25, 0.3) is 11.8 Å². The number of para-hydroxylation sites is 1. The molecule has 2 atom stereocenters. The number of ether oxygens (including phenoxy) is 2. The Morgan fingerprint density at radius 1 is 1.21 bits per heavy atom. The molecule has 0 radical (unpaired) electrons. The Bertz CT molecular complexity index is 901. The summed E-state index contributed by atoms with van der Waals surface area (Å²) in [6.07, 6.45) is 0.678. The predicted molar refractivity (Wildman–Crippen MR) is 110 cm³/mol. The summed E-state index contributed by atoms with van der Waals surface area (Å²) in [4.78, 5) is 29.6. The number of hydrogen-bond donors (Lipinski definition) is 0. The number of benzene rings is 2. The van der Waals surface area contributed by atoms with Crippen LogP contribution < -0.4 is 4.90 Å². The van der Waals surface area contributed by atoms with E-state index in [9.17, 15) is 9.59 Å². The van der Waals surface area contributed by atoms with Crippen LogP contribution in [0.1, 0.15) is 29.3 Å². The molecule has 6 heteroatoms. The largest absolute Gasteiger partial charge is 0.380 e. The highest BCUT2D eigenvalue weighted by molar-refractivity contribution is 5.97. The molecule has 0 bridgehead atoms. The third-order valence-electron chi connectivity index (χ3n) is 5.89. The van der Waals surface area contributed by atoms with Gasteiger partial charge in [-0.05, 0) is 43.2 Å². The summed E-state index contributed by atoms with van der Waals surface area (Å²) in [6, 6.07) is 16.9. The second-order valence-corrected chi connectivity index (χ2v) is 7.85. The standard InChI is InChI=1S/C23H26N2O4/c1-23-11-12-24(22(27)18-8-6-7-17(13-18)15-28-2)14-20(23)25(21(26)16-29-23)19-9-4-3-5-10-19/h3-10,13,20H,11-12,14-16H2,1-2H3/t20-,23-/m1/s1. The molecule has 6 nitrogen and oxygen atoms in total. The fourth-order valence-corrected chi connectivity index (χ4v) is 4.25. The van der Waals surface area contributed by atoms with E-state index < -0.39 is 5.60 Å². The minimum absolute atomic E-state index is 0.0314. The molecule has 2 saturated heterocycles. The van der Waals surface area contributed by atoms with E-state index in [0.29, 0.717) is 31.7 Å². The number of carbonyl (C=O) groups excluding carboxylic acids is 2. The Morgan fingerprint density at radius 2 is 2.00 bits per heavy atom. The normalized spacial score (nSPS) is 24.3. The molecular formula is C23H26N2O4. The van der Waals surface area contributed by atoms with E-state index >= 15 is 0 Å². The van der Waals surface area contributed by atoms with Gasteiger partial charge in [-0.1, -0.05) is 30.3 Å². The minimum Gasteiger partial charge on any atom is -0.380 e. The van der Waals surface area contributed by atoms with Crippen LogP contribution in [0.5, 0.6) is 0 Å². The number of amides is 2. The summed E-state index contributed by atoms with van der Waals surface area (Å²) in [7, 11) is 1.64. The topological polar surface area (TPSA) is 59.1 Å². The Hall–Kier alpha value is -2.70. The molecule has 2 aliphatic heterocycles. The maximum absolute atomic E-state index is 13.2. The van der Waals surface area contributed by atoms with E-state index in [1.54, 1.807) is 7.11 Å². The van der Waals surface area contributed by atoms with Crippen LogP contribution in [0.25, 0.3) is 0 Å². The van der Waals surface area contributed by atoms with Crippen LogP contribution in [-0.2, 0) is 20.9 Å². The van der Waals surface area contributed by atoms with Crippen LogP contribution in [-0.4, -0.2) is 55.2 Å². The van der Waals surface area contributed by atoms with Crippen LogP contribution in [0.2, 0.25) is 0 Å². The van der Waals surface area contributed by atoms with Crippen molar-refractivity contribution in [3.05, 3.63) is 65.7 Å². The van der Waals surface area contributed by atoms with Crippen LogP contribution >= 0.6 is 0 Å². The van der Waals surface area contributed by atoms with Crippen molar-refractivity contribution in [2.75, 3.05) is 31.7 Å². The van der Waals surface area contributed by atoms with E-state index in [4.69, 9.17) is 9.47 Å². The molecule has 152 valence electrons. The molecule has 0 unspecified atom stereocenters. The predicted octanol–water partition coefficient (Wildman–Crippen LogP) is 2.87. The second kappa shape index (κ2) is 7.97. The van der Waals surface area contributed by atoms with E-state index in [2.05, 4.69) is 0 Å². The van der Waals surface area contributed by atoms with Crippen molar-refractivity contribution < 1.29 is 19.1 Å². The first-order chi connectivity index (χ1) is 14.0. The van der Waals surface area contributed by atoms with Gasteiger partial charge in [-0.25, -0.2) is 0 Å². The first-order valence-corrected chi connectivity index (χ1v) is 9.90. The van der Waals surface area contributed by atoms with Crippen molar-refractivity contribution in [1.29, 1.82) is 0 Å². The maximum Gasteiger partial charge on any atom is 0.253 e. The molecule has 0 aliphatic carbocycles. The third-order valence-corrected chi connectivity index (χ3v) is 5.89. The second-order valence-electron chi connectivity index (χ2n) is 7.85. The zero-order valence-electron chi connectivity index (χ0n) is 16.8. The van der Waals surface area contributed by atoms with E-state index in [1.165, 1.54) is 0 Å². The SMILES string of the molecule is COCc1cccc(C(=O)N2CC[C@@]3(C)OCC(=O)N(c4ccccc4)[C@@H]3C2)c1. The Balaban J connectivity index is 1.60. The van der Waals surface area contributed by atoms with Gasteiger partial charge in [0.2, 0.25) is 0 Å². The number of methoxy groups -OCH3 is 1. The summed E-state index contributed by atoms with van der Waals surface area (Å²) in [5.41, 5.74) is 1.96. The number of rotatable bonds is 4. The zero-order chi connectivity index (χ0) is 20.4. The number of fused-ring (bicyclic) bond motifs is 1. The lowest BCUT2D eigenvalue weighted by Gasteiger charge is -2.52. The van der Waals surface area contributed by atoms with Gasteiger partial charge in [0, 0.05) is 31.5 Å². The van der Waals surface area contributed by atoms with Crippen molar-refractivity contribution in [3.63, 3.8) is 0 Å². The molecule has 2 amide bonds. The van der Waals surface area contributed by atoms with Gasteiger partial charge in [-0.15, -0.1) is 0 Å². The highest BCUT2D eigenvalue weighted by atomic mass is 16.5. The number of likely N-dealkylation sites (tertiary alicyclic amines) is 1. The molecule has 2 aromatic carbocycles. The number of morpholine rings is 1. The first-order valence-electron chi connectivity index (χ1n) is 9.90. The molecule has 2 aliphatic rings. The fraction of sp³-hybridized carbons (Fsp3) is 0.391. The minimum atomic E-state index is -0.474. The Kier molecular flexibility index (Phi) is 5.39. The molecular weight excluding hydrogens is 368 g/mol. The van der Waals surface area contributed by atoms with Crippen LogP contribution in [0.4, 0.5) is 5.69 Å². The molecule has 0 spiro atoms. The van der Waals surface area contributed by atoms with Crippen LogP contribution in [0, 0.1) is 0 Å². The third kappa shape index (κ3) is 3.78. The average Bonchev–Trinajstić information content (AvgIpc) is 2.74. The Morgan fingerprint density at radius 3 is 2.76 bits per heavy atom. The smallest absolute Gasteiger partial charge is 0.253 e. The lowest BCUT2D eigenvalue weighted by molar-refractivity contribution is -0.149. The lowest BCUT2D eigenvalue weighted by Crippen LogP contribution is -2.68. The molecule has 0 N–H and O–H groups in total. The van der Waals surface area contributed by atoms with E-state index in [1.807, 2.05) is 71.3 Å². The van der Waals surface area contributed by atoms with Crippen molar-refractivity contribution >= 4 is 17.5 Å². The molecule has 0 saturated carbocycles. The molecule has 29 heavy (non-hydrogen) atoms. The summed E-state index contributed by atoms with van der Waals surface area (Å²) in [5, 5.41) is 0. The van der Waals surface area contributed by atoms with Gasteiger partial charge in [-0.3, -0.25) is 9.59 Å². The van der Waals surface area contributed by atoms with Crippen molar-refractivity contribution in [2.24, 2.45) is 0 Å². The van der Waals surface area contributed by atoms with Crippen molar-refractivity contribution in [2.45, 2.75) is 31.6 Å². The zero-order valence-corrected chi connectivity index (χ0v) is 16.8. The quantitative estimate of drug-likeness (QED) is 0.800. The molecule has 0 aromatic heterocycles. The molecule has 2 fully saturated rings. The summed E-state index contributed by atoms with van der Waals surface area (Å²) in [5.74, 6) is -0.105. The van der Waals surface area contributed by atoms with Gasteiger partial charge in [0.15, 0.2) is 0 Å². The number of carbonyl (C=O) groups is 2. The van der Waals surface area contributed by atoms with Gasteiger partial charge < -0.3 is 19.3 Å². The fourth-order valence-electron chi connectivity index (χ4n) is 4.25. The van der Waals surface area contributed by atoms with Crippen molar-refractivity contribution in [1.82, 2.24) is 4.90 Å². The van der Waals surface area contributed by atoms with E-state index in [0.717, 1.165) is 11.3 Å². The summed E-state index contributed by atoms with van der Waals surface area (Å²) < 4.78 is 11.2. The number of nitrogens with zero attached hydrogens (tertiary/aromatic N) is 2. The van der Waals surface area contributed by atoms with Gasteiger partial charge in [-0.2, -0.15) is 0 Å². The van der Waals surface area contributed by atoms with Gasteiger partial charge >= 0.3 is 0 Å². The summed E-state index contributed by atoms with van der Waals surface area (Å²) in [6.45, 7) is 3.60. The maximum atomic E-state index is 13.2. The molecule has 2 heterocycles. The number of hydrogen-bond acceptors (Lipinski definition) is 4.